The Hall–Kier alpha value is -0.550. The fourth-order valence-corrected chi connectivity index (χ4v) is 0.736. The van der Waals surface area contributed by atoms with E-state index in [-0.39, 0.29) is 42.9 Å². The van der Waals surface area contributed by atoms with Crippen molar-refractivity contribution >= 4 is 43.1 Å². The predicted molar refractivity (Wildman–Crippen MR) is 62.4 cm³/mol. The van der Waals surface area contributed by atoms with Gasteiger partial charge in [0.05, 0.1) is 0 Å². The summed E-state index contributed by atoms with van der Waals surface area (Å²) < 4.78 is 0. The Labute approximate surface area is 101 Å². The van der Waals surface area contributed by atoms with Crippen LogP contribution in [0.5, 0.6) is 0 Å². The number of hydrogen-bond acceptors (Lipinski definition) is 3. The van der Waals surface area contributed by atoms with Crippen molar-refractivity contribution in [2.24, 2.45) is 11.5 Å². The largest absolute Gasteiger partial charge is 0.364 e. The third-order valence-corrected chi connectivity index (χ3v) is 1.31. The summed E-state index contributed by atoms with van der Waals surface area (Å²) in [6.45, 7) is 0.392. The highest BCUT2D eigenvalue weighted by atomic mass is 35.5. The van der Waals surface area contributed by atoms with Gasteiger partial charge >= 0.3 is 0 Å². The van der Waals surface area contributed by atoms with Gasteiger partial charge in [-0.1, -0.05) is 0 Å². The molecule has 0 fully saturated rings. The van der Waals surface area contributed by atoms with Crippen molar-refractivity contribution in [2.45, 2.75) is 6.54 Å². The molecule has 0 aliphatic rings. The first kappa shape index (κ1) is 19.1. The molecule has 0 saturated carbocycles. The summed E-state index contributed by atoms with van der Waals surface area (Å²) in [4.78, 5) is 14.3. The Morgan fingerprint density at radius 3 is 2.36 bits per heavy atom. The van der Waals surface area contributed by atoms with Gasteiger partial charge in [-0.2, -0.15) is 0 Å². The lowest BCUT2D eigenvalue weighted by Crippen LogP contribution is -2.13. The summed E-state index contributed by atoms with van der Waals surface area (Å²) in [5.74, 6) is -0.528. The Kier molecular flexibility index (Phi) is 12.3. The molecule has 0 unspecified atom stereocenters. The fourth-order valence-electron chi connectivity index (χ4n) is 0.736. The van der Waals surface area contributed by atoms with Crippen LogP contribution >= 0.6 is 37.2 Å². The van der Waals surface area contributed by atoms with Crippen LogP contribution in [0.4, 0.5) is 0 Å². The van der Waals surface area contributed by atoms with Crippen molar-refractivity contribution in [1.82, 2.24) is 4.98 Å². The number of primary amides is 1. The van der Waals surface area contributed by atoms with Gasteiger partial charge in [0, 0.05) is 12.7 Å². The van der Waals surface area contributed by atoms with E-state index in [9.17, 15) is 4.79 Å². The number of nitrogens with two attached hydrogens (primary N) is 2. The van der Waals surface area contributed by atoms with Crippen LogP contribution in [0, 0.1) is 0 Å². The van der Waals surface area contributed by atoms with Crippen LogP contribution in [0.2, 0.25) is 0 Å². The SMILES string of the molecule is Cl.Cl.Cl.NCc1ccnc(C(N)=O)c1. The first-order valence-corrected chi connectivity index (χ1v) is 3.19. The molecule has 0 aliphatic heterocycles. The van der Waals surface area contributed by atoms with Crippen LogP contribution in [0.15, 0.2) is 18.3 Å². The predicted octanol–water partition coefficient (Wildman–Crippen LogP) is 0.905. The van der Waals surface area contributed by atoms with E-state index in [2.05, 4.69) is 4.98 Å². The normalized spacial score (nSPS) is 7.50. The lowest BCUT2D eigenvalue weighted by atomic mass is 10.2. The number of nitrogens with zero attached hydrogens (tertiary/aromatic N) is 1. The van der Waals surface area contributed by atoms with Crippen molar-refractivity contribution in [2.75, 3.05) is 0 Å². The molecule has 1 heterocycles. The standard InChI is InChI=1S/C7H9N3O.3ClH/c8-4-5-1-2-10-6(3-5)7(9)11;;;/h1-3H,4,8H2,(H2,9,11);3*1H. The smallest absolute Gasteiger partial charge is 0.267 e. The van der Waals surface area contributed by atoms with E-state index in [1.807, 2.05) is 0 Å². The van der Waals surface area contributed by atoms with Gasteiger partial charge in [-0.3, -0.25) is 9.78 Å². The molecule has 0 saturated heterocycles. The highest BCUT2D eigenvalue weighted by molar-refractivity contribution is 5.90. The number of rotatable bonds is 2. The molecule has 4 nitrogen and oxygen atoms in total. The van der Waals surface area contributed by atoms with Crippen LogP contribution in [-0.4, -0.2) is 10.9 Å². The quantitative estimate of drug-likeness (QED) is 0.829. The second-order valence-electron chi connectivity index (χ2n) is 2.12. The van der Waals surface area contributed by atoms with Crippen molar-refractivity contribution < 1.29 is 4.79 Å². The lowest BCUT2D eigenvalue weighted by Gasteiger charge is -1.96. The minimum Gasteiger partial charge on any atom is -0.364 e. The van der Waals surface area contributed by atoms with Gasteiger partial charge in [0.15, 0.2) is 0 Å². The number of aromatic nitrogens is 1. The van der Waals surface area contributed by atoms with Crippen LogP contribution in [0.3, 0.4) is 0 Å². The van der Waals surface area contributed by atoms with Crippen molar-refractivity contribution in [3.63, 3.8) is 0 Å². The maximum atomic E-state index is 10.6. The van der Waals surface area contributed by atoms with E-state index < -0.39 is 5.91 Å². The zero-order chi connectivity index (χ0) is 8.27. The van der Waals surface area contributed by atoms with Gasteiger partial charge in [0.1, 0.15) is 5.69 Å². The molecular weight excluding hydrogens is 248 g/mol. The number of pyridine rings is 1. The zero-order valence-electron chi connectivity index (χ0n) is 7.17. The van der Waals surface area contributed by atoms with Crippen molar-refractivity contribution in [1.29, 1.82) is 0 Å². The Morgan fingerprint density at radius 2 is 1.93 bits per heavy atom. The van der Waals surface area contributed by atoms with Crippen molar-refractivity contribution in [3.8, 4) is 0 Å². The van der Waals surface area contributed by atoms with Crippen LogP contribution in [0.25, 0.3) is 0 Å². The zero-order valence-corrected chi connectivity index (χ0v) is 9.62. The first-order valence-electron chi connectivity index (χ1n) is 3.19. The first-order chi connectivity index (χ1) is 5.24. The molecule has 0 aliphatic carbocycles. The van der Waals surface area contributed by atoms with Gasteiger partial charge in [-0.15, -0.1) is 37.2 Å². The van der Waals surface area contributed by atoms with Gasteiger partial charge in [0.25, 0.3) is 5.91 Å². The summed E-state index contributed by atoms with van der Waals surface area (Å²) in [6, 6.07) is 3.33. The summed E-state index contributed by atoms with van der Waals surface area (Å²) in [6.07, 6.45) is 1.52. The van der Waals surface area contributed by atoms with E-state index in [0.29, 0.717) is 6.54 Å². The molecule has 1 rings (SSSR count). The molecule has 1 amide bonds. The van der Waals surface area contributed by atoms with Gasteiger partial charge < -0.3 is 11.5 Å². The van der Waals surface area contributed by atoms with Crippen molar-refractivity contribution in [3.05, 3.63) is 29.6 Å². The minimum atomic E-state index is -0.528. The Balaban J connectivity index is -0.000000403. The van der Waals surface area contributed by atoms with E-state index in [4.69, 9.17) is 11.5 Å². The van der Waals surface area contributed by atoms with E-state index in [0.717, 1.165) is 5.56 Å². The summed E-state index contributed by atoms with van der Waals surface area (Å²) in [5, 5.41) is 0. The molecule has 0 aromatic carbocycles. The van der Waals surface area contributed by atoms with E-state index in [1.54, 1.807) is 12.1 Å². The van der Waals surface area contributed by atoms with E-state index >= 15 is 0 Å². The monoisotopic (exact) mass is 259 g/mol. The molecule has 14 heavy (non-hydrogen) atoms. The molecule has 7 heteroatoms. The topological polar surface area (TPSA) is 82.0 Å². The van der Waals surface area contributed by atoms with Crippen LogP contribution in [0.1, 0.15) is 16.1 Å². The molecule has 1 aromatic rings. The highest BCUT2D eigenvalue weighted by Crippen LogP contribution is 1.99. The second-order valence-corrected chi connectivity index (χ2v) is 2.12. The second kappa shape index (κ2) is 9.02. The number of carbonyl (C=O) groups excluding carboxylic acids is 1. The third-order valence-electron chi connectivity index (χ3n) is 1.31. The Morgan fingerprint density at radius 1 is 1.36 bits per heavy atom. The lowest BCUT2D eigenvalue weighted by molar-refractivity contribution is 0.0995. The molecule has 82 valence electrons. The molecule has 4 N–H and O–H groups in total. The highest BCUT2D eigenvalue weighted by Gasteiger charge is 2.00. The average molecular weight is 261 g/mol. The average Bonchev–Trinajstić information content (AvgIpc) is 2.05. The number of amides is 1. The summed E-state index contributed by atoms with van der Waals surface area (Å²) in [7, 11) is 0. The third kappa shape index (κ3) is 5.24. The maximum Gasteiger partial charge on any atom is 0.267 e. The number of carbonyl (C=O) groups is 1. The molecule has 0 radical (unpaired) electrons. The Bertz CT molecular complexity index is 283. The van der Waals surface area contributed by atoms with Gasteiger partial charge in [-0.05, 0) is 17.7 Å². The summed E-state index contributed by atoms with van der Waals surface area (Å²) >= 11 is 0. The molecule has 0 atom stereocenters. The number of halogens is 3. The molecular formula is C7H12Cl3N3O. The maximum absolute atomic E-state index is 10.6. The van der Waals surface area contributed by atoms with E-state index in [1.165, 1.54) is 6.20 Å². The molecule has 0 spiro atoms. The molecule has 0 bridgehead atoms. The van der Waals surface area contributed by atoms with Crippen LogP contribution < -0.4 is 11.5 Å². The molecule has 1 aromatic heterocycles. The van der Waals surface area contributed by atoms with Gasteiger partial charge in [0.2, 0.25) is 0 Å². The number of hydrogen-bond donors (Lipinski definition) is 2. The van der Waals surface area contributed by atoms with Gasteiger partial charge in [-0.25, -0.2) is 0 Å². The fraction of sp³-hybridized carbons (Fsp3) is 0.143. The van der Waals surface area contributed by atoms with Crippen LogP contribution in [-0.2, 0) is 6.54 Å². The minimum absolute atomic E-state index is 0. The summed E-state index contributed by atoms with van der Waals surface area (Å²) in [5.41, 5.74) is 11.4.